The Morgan fingerprint density at radius 3 is 2.86 bits per heavy atom. The predicted octanol–water partition coefficient (Wildman–Crippen LogP) is 2.67. The summed E-state index contributed by atoms with van der Waals surface area (Å²) in [5.41, 5.74) is 2.54. The van der Waals surface area contributed by atoms with Crippen LogP contribution in [0.1, 0.15) is 39.7 Å². The van der Waals surface area contributed by atoms with Gasteiger partial charge in [-0.2, -0.15) is 0 Å². The van der Waals surface area contributed by atoms with E-state index in [9.17, 15) is 9.59 Å². The number of carbonyl (C=O) groups is 2. The van der Waals surface area contributed by atoms with Crippen LogP contribution in [0, 0.1) is 0 Å². The molecule has 2 aromatic rings. The van der Waals surface area contributed by atoms with Crippen LogP contribution in [0.15, 0.2) is 41.8 Å². The molecular formula is C17H18N2O2S. The highest BCUT2D eigenvalue weighted by molar-refractivity contribution is 7.12. The zero-order valence-corrected chi connectivity index (χ0v) is 13.0. The third kappa shape index (κ3) is 3.36. The summed E-state index contributed by atoms with van der Waals surface area (Å²) in [6.45, 7) is 0.358. The molecule has 2 amide bonds. The Kier molecular flexibility index (Phi) is 4.53. The summed E-state index contributed by atoms with van der Waals surface area (Å²) >= 11 is 1.40. The molecule has 0 spiro atoms. The van der Waals surface area contributed by atoms with E-state index in [2.05, 4.69) is 22.8 Å². The van der Waals surface area contributed by atoms with Crippen molar-refractivity contribution < 1.29 is 9.59 Å². The lowest BCUT2D eigenvalue weighted by Gasteiger charge is -2.14. The Hall–Kier alpha value is -2.14. The Morgan fingerprint density at radius 1 is 1.18 bits per heavy atom. The van der Waals surface area contributed by atoms with Crippen molar-refractivity contribution in [2.75, 3.05) is 6.54 Å². The second kappa shape index (κ2) is 6.75. The first-order chi connectivity index (χ1) is 10.7. The van der Waals surface area contributed by atoms with Gasteiger partial charge in [0.25, 0.3) is 5.91 Å². The Morgan fingerprint density at radius 2 is 2.05 bits per heavy atom. The van der Waals surface area contributed by atoms with Gasteiger partial charge in [0.2, 0.25) is 5.91 Å². The molecule has 1 aromatic carbocycles. The van der Waals surface area contributed by atoms with E-state index in [1.807, 2.05) is 23.6 Å². The number of fused-ring (bicyclic) bond motifs is 1. The summed E-state index contributed by atoms with van der Waals surface area (Å²) in [5, 5.41) is 7.69. The molecule has 1 heterocycles. The molecule has 0 fully saturated rings. The van der Waals surface area contributed by atoms with E-state index in [4.69, 9.17) is 0 Å². The largest absolute Gasteiger partial charge is 0.351 e. The third-order valence-electron chi connectivity index (χ3n) is 3.85. The standard InChI is InChI=1S/C17H18N2O2S/c20-16(9-10-18-17(21)15-6-3-11-22-15)19-14-8-7-12-4-1-2-5-13(12)14/h1-6,11,14H,7-10H2,(H,18,21)(H,19,20)/t14-/m1/s1. The van der Waals surface area contributed by atoms with Gasteiger partial charge >= 0.3 is 0 Å². The van der Waals surface area contributed by atoms with Gasteiger partial charge in [-0.3, -0.25) is 9.59 Å². The maximum absolute atomic E-state index is 12.0. The second-order valence-corrected chi connectivity index (χ2v) is 6.29. The molecule has 0 aliphatic heterocycles. The molecular weight excluding hydrogens is 296 g/mol. The van der Waals surface area contributed by atoms with Crippen LogP contribution in [0.2, 0.25) is 0 Å². The zero-order chi connectivity index (χ0) is 15.4. The van der Waals surface area contributed by atoms with Crippen LogP contribution in [0.3, 0.4) is 0 Å². The monoisotopic (exact) mass is 314 g/mol. The molecule has 0 saturated heterocycles. The lowest BCUT2D eigenvalue weighted by atomic mass is 10.1. The summed E-state index contributed by atoms with van der Waals surface area (Å²) < 4.78 is 0. The number of benzene rings is 1. The molecule has 3 rings (SSSR count). The minimum absolute atomic E-state index is 0.0202. The van der Waals surface area contributed by atoms with Crippen molar-refractivity contribution in [1.82, 2.24) is 10.6 Å². The number of aryl methyl sites for hydroxylation is 1. The molecule has 114 valence electrons. The third-order valence-corrected chi connectivity index (χ3v) is 4.72. The van der Waals surface area contributed by atoms with Crippen LogP contribution in [0.4, 0.5) is 0 Å². The summed E-state index contributed by atoms with van der Waals surface area (Å²) in [6, 6.07) is 11.9. The van der Waals surface area contributed by atoms with E-state index in [0.29, 0.717) is 17.8 Å². The van der Waals surface area contributed by atoms with Gasteiger partial charge in [-0.05, 0) is 35.4 Å². The van der Waals surface area contributed by atoms with E-state index in [0.717, 1.165) is 12.8 Å². The van der Waals surface area contributed by atoms with E-state index < -0.39 is 0 Å². The number of thiophene rings is 1. The molecule has 1 aliphatic rings. The van der Waals surface area contributed by atoms with Crippen LogP contribution in [0.25, 0.3) is 0 Å². The lowest BCUT2D eigenvalue weighted by molar-refractivity contribution is -0.121. The summed E-state index contributed by atoms with van der Waals surface area (Å²) in [6.07, 6.45) is 2.26. The molecule has 1 atom stereocenters. The topological polar surface area (TPSA) is 58.2 Å². The summed E-state index contributed by atoms with van der Waals surface area (Å²) in [4.78, 5) is 24.5. The zero-order valence-electron chi connectivity index (χ0n) is 12.2. The van der Waals surface area contributed by atoms with Gasteiger partial charge in [0.15, 0.2) is 0 Å². The van der Waals surface area contributed by atoms with E-state index >= 15 is 0 Å². The molecule has 2 N–H and O–H groups in total. The van der Waals surface area contributed by atoms with E-state index in [-0.39, 0.29) is 17.9 Å². The fraction of sp³-hybridized carbons (Fsp3) is 0.294. The van der Waals surface area contributed by atoms with Gasteiger partial charge < -0.3 is 10.6 Å². The van der Waals surface area contributed by atoms with Crippen LogP contribution in [-0.4, -0.2) is 18.4 Å². The SMILES string of the molecule is O=C(CCNC(=O)c1cccs1)N[C@@H]1CCc2ccccc21. The minimum Gasteiger partial charge on any atom is -0.351 e. The number of amides is 2. The van der Waals surface area contributed by atoms with Gasteiger partial charge in [-0.25, -0.2) is 0 Å². The highest BCUT2D eigenvalue weighted by atomic mass is 32.1. The molecule has 0 saturated carbocycles. The summed E-state index contributed by atoms with van der Waals surface area (Å²) in [7, 11) is 0. The Bertz CT molecular complexity index is 667. The van der Waals surface area contributed by atoms with Crippen LogP contribution < -0.4 is 10.6 Å². The number of carbonyl (C=O) groups excluding carboxylic acids is 2. The molecule has 4 nitrogen and oxygen atoms in total. The number of nitrogens with one attached hydrogen (secondary N) is 2. The average molecular weight is 314 g/mol. The van der Waals surface area contributed by atoms with Gasteiger partial charge in [-0.1, -0.05) is 30.3 Å². The maximum atomic E-state index is 12.0. The second-order valence-electron chi connectivity index (χ2n) is 5.34. The van der Waals surface area contributed by atoms with Crippen molar-refractivity contribution in [2.24, 2.45) is 0 Å². The van der Waals surface area contributed by atoms with Crippen molar-refractivity contribution >= 4 is 23.2 Å². The first-order valence-corrected chi connectivity index (χ1v) is 8.31. The van der Waals surface area contributed by atoms with Crippen LogP contribution in [-0.2, 0) is 11.2 Å². The van der Waals surface area contributed by atoms with Gasteiger partial charge in [0, 0.05) is 13.0 Å². The van der Waals surface area contributed by atoms with Gasteiger partial charge in [-0.15, -0.1) is 11.3 Å². The highest BCUT2D eigenvalue weighted by Crippen LogP contribution is 2.30. The van der Waals surface area contributed by atoms with Crippen molar-refractivity contribution in [1.29, 1.82) is 0 Å². The molecule has 5 heteroatoms. The van der Waals surface area contributed by atoms with Crippen molar-refractivity contribution in [3.8, 4) is 0 Å². The van der Waals surface area contributed by atoms with E-state index in [1.54, 1.807) is 6.07 Å². The average Bonchev–Trinajstić information content (AvgIpc) is 3.17. The smallest absolute Gasteiger partial charge is 0.261 e. The Balaban J connectivity index is 1.45. The number of rotatable bonds is 5. The fourth-order valence-electron chi connectivity index (χ4n) is 2.76. The molecule has 0 bridgehead atoms. The first-order valence-electron chi connectivity index (χ1n) is 7.43. The van der Waals surface area contributed by atoms with Crippen molar-refractivity contribution in [2.45, 2.75) is 25.3 Å². The molecule has 1 aliphatic carbocycles. The molecule has 22 heavy (non-hydrogen) atoms. The van der Waals surface area contributed by atoms with Gasteiger partial charge in [0.1, 0.15) is 0 Å². The first kappa shape index (κ1) is 14.8. The normalized spacial score (nSPS) is 16.1. The molecule has 1 aromatic heterocycles. The van der Waals surface area contributed by atoms with Crippen LogP contribution >= 0.6 is 11.3 Å². The number of hydrogen-bond acceptors (Lipinski definition) is 3. The van der Waals surface area contributed by atoms with E-state index in [1.165, 1.54) is 22.5 Å². The quantitative estimate of drug-likeness (QED) is 0.891. The van der Waals surface area contributed by atoms with Gasteiger partial charge in [0.05, 0.1) is 10.9 Å². The molecule has 0 unspecified atom stereocenters. The number of hydrogen-bond donors (Lipinski definition) is 2. The fourth-order valence-corrected chi connectivity index (χ4v) is 3.40. The maximum Gasteiger partial charge on any atom is 0.261 e. The van der Waals surface area contributed by atoms with Crippen molar-refractivity contribution in [3.63, 3.8) is 0 Å². The summed E-state index contributed by atoms with van der Waals surface area (Å²) in [5.74, 6) is -0.137. The van der Waals surface area contributed by atoms with Crippen LogP contribution in [0.5, 0.6) is 0 Å². The molecule has 0 radical (unpaired) electrons. The minimum atomic E-state index is -0.117. The lowest BCUT2D eigenvalue weighted by Crippen LogP contribution is -2.32. The van der Waals surface area contributed by atoms with Crippen molar-refractivity contribution in [3.05, 3.63) is 57.8 Å². The Labute approximate surface area is 133 Å². The highest BCUT2D eigenvalue weighted by Gasteiger charge is 2.23. The predicted molar refractivity (Wildman–Crippen MR) is 86.9 cm³/mol.